The second-order valence-electron chi connectivity index (χ2n) is 5.63. The molecule has 1 aromatic rings. The van der Waals surface area contributed by atoms with E-state index in [0.29, 0.717) is 31.9 Å². The molecular weight excluding hydrogens is 308 g/mol. The van der Waals surface area contributed by atoms with Gasteiger partial charge in [0.15, 0.2) is 0 Å². The number of aryl methyl sites for hydroxylation is 1. The molecule has 7 nitrogen and oxygen atoms in total. The van der Waals surface area contributed by atoms with Gasteiger partial charge in [-0.3, -0.25) is 9.59 Å². The van der Waals surface area contributed by atoms with Gasteiger partial charge in [0.25, 0.3) is 5.91 Å². The smallest absolute Gasteiger partial charge is 0.266 e. The molecule has 0 aromatic heterocycles. The van der Waals surface area contributed by atoms with Gasteiger partial charge in [-0.15, -0.1) is 0 Å². The average Bonchev–Trinajstić information content (AvgIpc) is 2.58. The number of amides is 2. The van der Waals surface area contributed by atoms with Crippen molar-refractivity contribution in [1.82, 2.24) is 9.80 Å². The number of phenolic OH excluding ortho intramolecular Hbond substituents is 1. The van der Waals surface area contributed by atoms with Gasteiger partial charge in [-0.2, -0.15) is 5.26 Å². The molecule has 1 fully saturated rings. The fourth-order valence-corrected chi connectivity index (χ4v) is 2.45. The lowest BCUT2D eigenvalue weighted by Crippen LogP contribution is -2.50. The number of carbonyl (C=O) groups is 2. The number of nitrogens with zero attached hydrogens (tertiary/aromatic N) is 3. The summed E-state index contributed by atoms with van der Waals surface area (Å²) in [5.41, 5.74) is 1.32. The van der Waals surface area contributed by atoms with Crippen LogP contribution in [0.3, 0.4) is 0 Å². The molecule has 0 spiro atoms. The normalized spacial score (nSPS) is 15.0. The first kappa shape index (κ1) is 17.3. The summed E-state index contributed by atoms with van der Waals surface area (Å²) >= 11 is 0. The molecule has 0 unspecified atom stereocenters. The highest BCUT2D eigenvalue weighted by molar-refractivity contribution is 5.97. The number of piperazine rings is 1. The van der Waals surface area contributed by atoms with Gasteiger partial charge in [-0.05, 0) is 24.6 Å². The SMILES string of the molecule is CC(=O)N1CCN(C(=O)/C(C#N)=C\Nc2cc(C)ccc2O)CC1. The molecule has 1 saturated heterocycles. The molecule has 1 aromatic carbocycles. The first-order valence-corrected chi connectivity index (χ1v) is 7.63. The number of aromatic hydroxyl groups is 1. The molecule has 1 aliphatic heterocycles. The summed E-state index contributed by atoms with van der Waals surface area (Å²) < 4.78 is 0. The summed E-state index contributed by atoms with van der Waals surface area (Å²) in [6, 6.07) is 6.90. The van der Waals surface area contributed by atoms with Gasteiger partial charge in [0.1, 0.15) is 17.4 Å². The Morgan fingerprint density at radius 2 is 1.88 bits per heavy atom. The average molecular weight is 328 g/mol. The van der Waals surface area contributed by atoms with Crippen LogP contribution in [0.1, 0.15) is 12.5 Å². The van der Waals surface area contributed by atoms with E-state index in [-0.39, 0.29) is 23.1 Å². The van der Waals surface area contributed by atoms with E-state index in [0.717, 1.165) is 5.56 Å². The molecule has 0 aliphatic carbocycles. The Morgan fingerprint density at radius 1 is 1.25 bits per heavy atom. The summed E-state index contributed by atoms with van der Waals surface area (Å²) in [5, 5.41) is 21.8. The van der Waals surface area contributed by atoms with Crippen molar-refractivity contribution < 1.29 is 14.7 Å². The maximum absolute atomic E-state index is 12.4. The number of hydrogen-bond donors (Lipinski definition) is 2. The van der Waals surface area contributed by atoms with Gasteiger partial charge in [-0.1, -0.05) is 6.07 Å². The Kier molecular flexibility index (Phi) is 5.42. The van der Waals surface area contributed by atoms with Crippen LogP contribution in [0.2, 0.25) is 0 Å². The van der Waals surface area contributed by atoms with Crippen LogP contribution in [0.5, 0.6) is 5.75 Å². The summed E-state index contributed by atoms with van der Waals surface area (Å²) in [7, 11) is 0. The minimum Gasteiger partial charge on any atom is -0.506 e. The third-order valence-corrected chi connectivity index (χ3v) is 3.89. The molecule has 126 valence electrons. The molecule has 2 rings (SSSR count). The molecule has 2 amide bonds. The van der Waals surface area contributed by atoms with E-state index in [2.05, 4.69) is 5.32 Å². The van der Waals surface area contributed by atoms with Crippen molar-refractivity contribution in [3.63, 3.8) is 0 Å². The summed E-state index contributed by atoms with van der Waals surface area (Å²) in [6.45, 7) is 5.09. The highest BCUT2D eigenvalue weighted by Crippen LogP contribution is 2.24. The molecule has 2 N–H and O–H groups in total. The van der Waals surface area contributed by atoms with Gasteiger partial charge in [0.05, 0.1) is 5.69 Å². The van der Waals surface area contributed by atoms with E-state index in [1.165, 1.54) is 13.1 Å². The lowest BCUT2D eigenvalue weighted by atomic mass is 10.2. The quantitative estimate of drug-likeness (QED) is 0.494. The minimum atomic E-state index is -0.389. The Hall–Kier alpha value is -3.01. The van der Waals surface area contributed by atoms with Gasteiger partial charge >= 0.3 is 0 Å². The number of hydrogen-bond acceptors (Lipinski definition) is 5. The predicted molar refractivity (Wildman–Crippen MR) is 89.0 cm³/mol. The summed E-state index contributed by atoms with van der Waals surface area (Å²) in [4.78, 5) is 26.9. The number of carbonyl (C=O) groups excluding carboxylic acids is 2. The molecule has 1 heterocycles. The van der Waals surface area contributed by atoms with Crippen molar-refractivity contribution in [1.29, 1.82) is 5.26 Å². The van der Waals surface area contributed by atoms with Crippen LogP contribution in [-0.2, 0) is 9.59 Å². The van der Waals surface area contributed by atoms with Crippen LogP contribution in [0.4, 0.5) is 5.69 Å². The van der Waals surface area contributed by atoms with Gasteiger partial charge < -0.3 is 20.2 Å². The molecule has 1 aliphatic rings. The van der Waals surface area contributed by atoms with Crippen molar-refractivity contribution in [3.8, 4) is 11.8 Å². The Morgan fingerprint density at radius 3 is 2.46 bits per heavy atom. The zero-order valence-corrected chi connectivity index (χ0v) is 13.7. The molecule has 7 heteroatoms. The van der Waals surface area contributed by atoms with Crippen molar-refractivity contribution in [2.45, 2.75) is 13.8 Å². The molecular formula is C17H20N4O3. The lowest BCUT2D eigenvalue weighted by molar-refractivity contribution is -0.136. The van der Waals surface area contributed by atoms with E-state index < -0.39 is 0 Å². The van der Waals surface area contributed by atoms with Crippen molar-refractivity contribution >= 4 is 17.5 Å². The van der Waals surface area contributed by atoms with Crippen molar-refractivity contribution in [2.75, 3.05) is 31.5 Å². The topological polar surface area (TPSA) is 96.7 Å². The van der Waals surface area contributed by atoms with E-state index in [1.54, 1.807) is 28.0 Å². The minimum absolute atomic E-state index is 0.0188. The first-order chi connectivity index (χ1) is 11.4. The van der Waals surface area contributed by atoms with Crippen molar-refractivity contribution in [2.24, 2.45) is 0 Å². The third-order valence-electron chi connectivity index (χ3n) is 3.89. The number of phenols is 1. The number of nitriles is 1. The second kappa shape index (κ2) is 7.51. The highest BCUT2D eigenvalue weighted by Gasteiger charge is 2.24. The van der Waals surface area contributed by atoms with E-state index >= 15 is 0 Å². The molecule has 0 radical (unpaired) electrons. The summed E-state index contributed by atoms with van der Waals surface area (Å²) in [6.07, 6.45) is 1.30. The van der Waals surface area contributed by atoms with Crippen LogP contribution in [0, 0.1) is 18.3 Å². The maximum atomic E-state index is 12.4. The number of nitrogens with one attached hydrogen (secondary N) is 1. The maximum Gasteiger partial charge on any atom is 0.266 e. The standard InChI is InChI=1S/C17H20N4O3/c1-12-3-4-16(23)15(9-12)19-11-14(10-18)17(24)21-7-5-20(6-8-21)13(2)22/h3-4,9,11,19,23H,5-8H2,1-2H3/b14-11-. The van der Waals surface area contributed by atoms with Crippen LogP contribution in [-0.4, -0.2) is 52.9 Å². The Bertz CT molecular complexity index is 713. The van der Waals surface area contributed by atoms with E-state index in [4.69, 9.17) is 0 Å². The van der Waals surface area contributed by atoms with Crippen LogP contribution in [0.25, 0.3) is 0 Å². The fraction of sp³-hybridized carbons (Fsp3) is 0.353. The Balaban J connectivity index is 2.05. The fourth-order valence-electron chi connectivity index (χ4n) is 2.45. The number of rotatable bonds is 3. The first-order valence-electron chi connectivity index (χ1n) is 7.63. The monoisotopic (exact) mass is 328 g/mol. The van der Waals surface area contributed by atoms with Gasteiger partial charge in [0.2, 0.25) is 5.91 Å². The molecule has 0 saturated carbocycles. The van der Waals surface area contributed by atoms with Crippen molar-refractivity contribution in [3.05, 3.63) is 35.5 Å². The van der Waals surface area contributed by atoms with Crippen LogP contribution >= 0.6 is 0 Å². The zero-order chi connectivity index (χ0) is 17.7. The predicted octanol–water partition coefficient (Wildman–Crippen LogP) is 1.21. The molecule has 0 bridgehead atoms. The molecule has 0 atom stereocenters. The number of benzene rings is 1. The van der Waals surface area contributed by atoms with Gasteiger partial charge in [-0.25, -0.2) is 0 Å². The van der Waals surface area contributed by atoms with Crippen LogP contribution in [0.15, 0.2) is 30.0 Å². The van der Waals surface area contributed by atoms with Gasteiger partial charge in [0, 0.05) is 39.3 Å². The number of anilines is 1. The summed E-state index contributed by atoms with van der Waals surface area (Å²) in [5.74, 6) is -0.369. The second-order valence-corrected chi connectivity index (χ2v) is 5.63. The van der Waals surface area contributed by atoms with E-state index in [1.807, 2.05) is 13.0 Å². The van der Waals surface area contributed by atoms with Crippen LogP contribution < -0.4 is 5.32 Å². The largest absolute Gasteiger partial charge is 0.506 e. The third kappa shape index (κ3) is 4.04. The lowest BCUT2D eigenvalue weighted by Gasteiger charge is -2.34. The molecule has 24 heavy (non-hydrogen) atoms. The van der Waals surface area contributed by atoms with E-state index in [9.17, 15) is 20.0 Å². The highest BCUT2D eigenvalue weighted by atomic mass is 16.3. The zero-order valence-electron chi connectivity index (χ0n) is 13.7. The Labute approximate surface area is 140 Å².